The summed E-state index contributed by atoms with van der Waals surface area (Å²) in [5.41, 5.74) is 2.13. The van der Waals surface area contributed by atoms with Crippen molar-refractivity contribution >= 4 is 40.2 Å². The van der Waals surface area contributed by atoms with Crippen molar-refractivity contribution in [3.63, 3.8) is 0 Å². The molecule has 0 saturated heterocycles. The largest absolute Gasteiger partial charge is 0.486 e. The first-order valence-corrected chi connectivity index (χ1v) is 12.0. The fourth-order valence-electron chi connectivity index (χ4n) is 3.01. The van der Waals surface area contributed by atoms with Crippen LogP contribution in [0.15, 0.2) is 66.0 Å². The fraction of sp³-hybridized carbons (Fsp3) is 0.167. The van der Waals surface area contributed by atoms with Crippen LogP contribution in [-0.4, -0.2) is 28.6 Å². The summed E-state index contributed by atoms with van der Waals surface area (Å²) >= 11 is 2.85. The molecule has 0 unspecified atom stereocenters. The quantitative estimate of drug-likeness (QED) is 0.363. The Morgan fingerprint density at radius 3 is 2.55 bits per heavy atom. The fourth-order valence-corrected chi connectivity index (χ4v) is 4.36. The van der Waals surface area contributed by atoms with Gasteiger partial charge in [0.1, 0.15) is 12.4 Å². The number of carbonyl (C=O) groups is 2. The summed E-state index contributed by atoms with van der Waals surface area (Å²) in [6.45, 7) is 2.78. The van der Waals surface area contributed by atoms with Gasteiger partial charge in [-0.25, -0.2) is 0 Å². The van der Waals surface area contributed by atoms with Gasteiger partial charge in [0.25, 0.3) is 11.8 Å². The number of hydrogen-bond donors (Lipinski definition) is 2. The minimum absolute atomic E-state index is 0.146. The highest BCUT2D eigenvalue weighted by atomic mass is 32.1. The van der Waals surface area contributed by atoms with Crippen LogP contribution in [0.5, 0.6) is 5.75 Å². The topological polar surface area (TPSA) is 93.2 Å². The van der Waals surface area contributed by atoms with Crippen molar-refractivity contribution in [3.8, 4) is 5.75 Å². The molecule has 0 fully saturated rings. The summed E-state index contributed by atoms with van der Waals surface area (Å²) in [5, 5.41) is 16.6. The van der Waals surface area contributed by atoms with Gasteiger partial charge < -0.3 is 15.4 Å². The van der Waals surface area contributed by atoms with E-state index in [4.69, 9.17) is 4.74 Å². The zero-order valence-corrected chi connectivity index (χ0v) is 19.5. The van der Waals surface area contributed by atoms with Gasteiger partial charge in [0.05, 0.1) is 0 Å². The van der Waals surface area contributed by atoms with Crippen LogP contribution in [0.25, 0.3) is 0 Å². The van der Waals surface area contributed by atoms with Gasteiger partial charge in [-0.2, -0.15) is 0 Å². The van der Waals surface area contributed by atoms with Crippen LogP contribution < -0.4 is 15.4 Å². The van der Waals surface area contributed by atoms with Gasteiger partial charge in [0.2, 0.25) is 5.01 Å². The number of carbonyl (C=O) groups excluding carboxylic acids is 2. The highest BCUT2D eigenvalue weighted by molar-refractivity contribution is 7.13. The first-order valence-electron chi connectivity index (χ1n) is 10.3. The van der Waals surface area contributed by atoms with Crippen LogP contribution in [0, 0.1) is 6.92 Å². The van der Waals surface area contributed by atoms with E-state index in [0.29, 0.717) is 22.8 Å². The summed E-state index contributed by atoms with van der Waals surface area (Å²) in [5.74, 6) is 0.268. The number of benzene rings is 2. The lowest BCUT2D eigenvalue weighted by Gasteiger charge is -2.06. The van der Waals surface area contributed by atoms with Crippen molar-refractivity contribution in [1.82, 2.24) is 15.5 Å². The molecule has 0 radical (unpaired) electrons. The minimum Gasteiger partial charge on any atom is -0.486 e. The minimum atomic E-state index is -0.359. The van der Waals surface area contributed by atoms with Crippen molar-refractivity contribution in [3.05, 3.63) is 92.1 Å². The van der Waals surface area contributed by atoms with E-state index in [2.05, 4.69) is 20.8 Å². The smallest absolute Gasteiger partial charge is 0.286 e. The van der Waals surface area contributed by atoms with Crippen molar-refractivity contribution in [2.75, 3.05) is 11.9 Å². The average Bonchev–Trinajstić information content (AvgIpc) is 3.51. The van der Waals surface area contributed by atoms with Crippen LogP contribution in [0.2, 0.25) is 0 Å². The molecule has 2 N–H and O–H groups in total. The molecule has 2 amide bonds. The van der Waals surface area contributed by atoms with E-state index in [0.717, 1.165) is 17.7 Å². The van der Waals surface area contributed by atoms with Gasteiger partial charge in [-0.05, 0) is 60.7 Å². The molecule has 168 valence electrons. The van der Waals surface area contributed by atoms with Crippen LogP contribution in [0.1, 0.15) is 35.6 Å². The number of ether oxygens (including phenoxy) is 1. The molecule has 0 bridgehead atoms. The molecule has 2 aromatic heterocycles. The third-order valence-electron chi connectivity index (χ3n) is 4.75. The summed E-state index contributed by atoms with van der Waals surface area (Å²) in [6, 6.07) is 18.5. The van der Waals surface area contributed by atoms with E-state index in [1.54, 1.807) is 35.6 Å². The van der Waals surface area contributed by atoms with Crippen LogP contribution in [0.4, 0.5) is 5.69 Å². The molecule has 9 heteroatoms. The Balaban J connectivity index is 1.27. The second-order valence-electron chi connectivity index (χ2n) is 7.17. The Hall–Kier alpha value is -3.56. The first-order chi connectivity index (χ1) is 16.1. The number of thiophene rings is 1. The number of nitrogens with one attached hydrogen (secondary N) is 2. The van der Waals surface area contributed by atoms with Gasteiger partial charge in [0, 0.05) is 22.7 Å². The van der Waals surface area contributed by atoms with Gasteiger partial charge in [-0.15, -0.1) is 21.5 Å². The molecule has 2 aromatic carbocycles. The predicted octanol–water partition coefficient (Wildman–Crippen LogP) is 4.71. The number of aromatic nitrogens is 2. The zero-order chi connectivity index (χ0) is 23.0. The molecule has 0 aliphatic carbocycles. The number of amides is 2. The maximum absolute atomic E-state index is 12.5. The number of rotatable bonds is 9. The first kappa shape index (κ1) is 22.6. The molecule has 0 spiro atoms. The van der Waals surface area contributed by atoms with E-state index in [-0.39, 0.29) is 23.4 Å². The SMILES string of the molecule is Cc1ccccc1OCc1nnc(C(=O)Nc2ccc(C(=O)NCCc3cccs3)cc2)s1. The van der Waals surface area contributed by atoms with Gasteiger partial charge >= 0.3 is 0 Å². The molecule has 7 nitrogen and oxygen atoms in total. The predicted molar refractivity (Wildman–Crippen MR) is 130 cm³/mol. The van der Waals surface area contributed by atoms with Crippen LogP contribution in [-0.2, 0) is 13.0 Å². The lowest BCUT2D eigenvalue weighted by atomic mass is 10.2. The summed E-state index contributed by atoms with van der Waals surface area (Å²) in [7, 11) is 0. The Kier molecular flexibility index (Phi) is 7.43. The summed E-state index contributed by atoms with van der Waals surface area (Å²) in [4.78, 5) is 26.0. The third kappa shape index (κ3) is 6.24. The molecule has 0 atom stereocenters. The molecular weight excluding hydrogens is 456 g/mol. The molecule has 0 saturated carbocycles. The lowest BCUT2D eigenvalue weighted by molar-refractivity contribution is 0.0953. The highest BCUT2D eigenvalue weighted by Gasteiger charge is 2.14. The van der Waals surface area contributed by atoms with Crippen molar-refractivity contribution in [2.45, 2.75) is 20.0 Å². The van der Waals surface area contributed by atoms with E-state index < -0.39 is 0 Å². The maximum Gasteiger partial charge on any atom is 0.286 e. The van der Waals surface area contributed by atoms with Gasteiger partial charge in [-0.3, -0.25) is 9.59 Å². The number of nitrogens with zero attached hydrogens (tertiary/aromatic N) is 2. The Morgan fingerprint density at radius 1 is 0.970 bits per heavy atom. The summed E-state index contributed by atoms with van der Waals surface area (Å²) < 4.78 is 5.76. The number of para-hydroxylation sites is 1. The van der Waals surface area contributed by atoms with Crippen molar-refractivity contribution in [2.24, 2.45) is 0 Å². The van der Waals surface area contributed by atoms with Gasteiger partial charge in [-0.1, -0.05) is 35.6 Å². The van der Waals surface area contributed by atoms with Crippen molar-refractivity contribution < 1.29 is 14.3 Å². The normalized spacial score (nSPS) is 10.6. The Labute approximate surface area is 199 Å². The standard InChI is InChI=1S/C24H22N4O3S2/c1-16-5-2-3-7-20(16)31-15-21-27-28-24(33-21)23(30)26-18-10-8-17(9-11-18)22(29)25-13-12-19-6-4-14-32-19/h2-11,14H,12-13,15H2,1H3,(H,25,29)(H,26,30). The zero-order valence-electron chi connectivity index (χ0n) is 17.9. The van der Waals surface area contributed by atoms with E-state index in [9.17, 15) is 9.59 Å². The molecule has 0 aliphatic heterocycles. The maximum atomic E-state index is 12.5. The van der Waals surface area contributed by atoms with Crippen LogP contribution >= 0.6 is 22.7 Å². The van der Waals surface area contributed by atoms with E-state index in [1.807, 2.05) is 48.7 Å². The Bertz CT molecular complexity index is 1220. The van der Waals surface area contributed by atoms with Crippen LogP contribution in [0.3, 0.4) is 0 Å². The molecule has 33 heavy (non-hydrogen) atoms. The molecule has 4 aromatic rings. The third-order valence-corrected chi connectivity index (χ3v) is 6.58. The van der Waals surface area contributed by atoms with E-state index >= 15 is 0 Å². The average molecular weight is 479 g/mol. The number of hydrogen-bond acceptors (Lipinski definition) is 7. The monoisotopic (exact) mass is 478 g/mol. The number of anilines is 1. The highest BCUT2D eigenvalue weighted by Crippen LogP contribution is 2.20. The second kappa shape index (κ2) is 10.8. The summed E-state index contributed by atoms with van der Waals surface area (Å²) in [6.07, 6.45) is 0.803. The molecular formula is C24H22N4O3S2. The van der Waals surface area contributed by atoms with Gasteiger partial charge in [0.15, 0.2) is 5.01 Å². The molecule has 2 heterocycles. The Morgan fingerprint density at radius 2 is 1.79 bits per heavy atom. The molecule has 0 aliphatic rings. The number of aryl methyl sites for hydroxylation is 1. The van der Waals surface area contributed by atoms with E-state index in [1.165, 1.54) is 16.2 Å². The second-order valence-corrected chi connectivity index (χ2v) is 9.27. The molecule has 4 rings (SSSR count). The lowest BCUT2D eigenvalue weighted by Crippen LogP contribution is -2.25. The van der Waals surface area contributed by atoms with Crippen molar-refractivity contribution in [1.29, 1.82) is 0 Å².